The van der Waals surface area contributed by atoms with Gasteiger partial charge in [0.1, 0.15) is 28.9 Å². The molecule has 10 heteroatoms. The molecule has 1 N–H and O–H groups in total. The Morgan fingerprint density at radius 2 is 1.97 bits per heavy atom. The predicted molar refractivity (Wildman–Crippen MR) is 116 cm³/mol. The van der Waals surface area contributed by atoms with Gasteiger partial charge >= 0.3 is 0 Å². The van der Waals surface area contributed by atoms with E-state index in [0.29, 0.717) is 11.3 Å². The van der Waals surface area contributed by atoms with Crippen molar-refractivity contribution in [1.29, 1.82) is 0 Å². The molecule has 0 saturated carbocycles. The van der Waals surface area contributed by atoms with Crippen LogP contribution >= 0.6 is 0 Å². The van der Waals surface area contributed by atoms with Crippen molar-refractivity contribution in [2.45, 2.75) is 32.3 Å². The van der Waals surface area contributed by atoms with Gasteiger partial charge in [0.2, 0.25) is 0 Å². The van der Waals surface area contributed by atoms with Crippen LogP contribution in [-0.2, 0) is 6.42 Å². The number of nitrogens with zero attached hydrogens (tertiary/aromatic N) is 5. The summed E-state index contributed by atoms with van der Waals surface area (Å²) in [5, 5.41) is 18.0. The van der Waals surface area contributed by atoms with E-state index >= 15 is 4.39 Å². The maximum Gasteiger partial charge on any atom is 0.257 e. The Kier molecular flexibility index (Phi) is 5.68. The van der Waals surface area contributed by atoms with Crippen LogP contribution in [0.5, 0.6) is 0 Å². The fraction of sp³-hybridized carbons (Fsp3) is 0.261. The van der Waals surface area contributed by atoms with E-state index in [0.717, 1.165) is 17.0 Å². The number of rotatable bonds is 6. The Hall–Kier alpha value is -3.71. The standard InChI is InChI=1S/C23H19F4N5O/c1-4-23(3,33)11-14-8-15(24)10-16(9-14)31(12-19(26)27)21-20-17(25)6-5-7-18(20)32-13(2)29-30-22(32)28-21/h1,5-10,19,33H,11-12H2,2-3H3. The second-order valence-electron chi connectivity index (χ2n) is 7.87. The second kappa shape index (κ2) is 8.33. The Morgan fingerprint density at radius 3 is 2.67 bits per heavy atom. The zero-order valence-electron chi connectivity index (χ0n) is 17.7. The number of aromatic nitrogens is 4. The smallest absolute Gasteiger partial charge is 0.257 e. The van der Waals surface area contributed by atoms with Gasteiger partial charge in [0, 0.05) is 12.1 Å². The number of fused-ring (bicyclic) bond motifs is 3. The number of terminal acetylenes is 1. The van der Waals surface area contributed by atoms with E-state index in [-0.39, 0.29) is 34.7 Å². The molecular weight excluding hydrogens is 438 g/mol. The highest BCUT2D eigenvalue weighted by atomic mass is 19.3. The van der Waals surface area contributed by atoms with E-state index in [1.54, 1.807) is 13.0 Å². The highest BCUT2D eigenvalue weighted by Crippen LogP contribution is 2.35. The van der Waals surface area contributed by atoms with Crippen LogP contribution in [0.3, 0.4) is 0 Å². The van der Waals surface area contributed by atoms with Gasteiger partial charge in [0.25, 0.3) is 12.2 Å². The number of aryl methyl sites for hydroxylation is 1. The largest absolute Gasteiger partial charge is 0.378 e. The van der Waals surface area contributed by atoms with Gasteiger partial charge in [-0.3, -0.25) is 4.40 Å². The van der Waals surface area contributed by atoms with Crippen LogP contribution in [0, 0.1) is 30.9 Å². The van der Waals surface area contributed by atoms with Crippen LogP contribution < -0.4 is 4.90 Å². The van der Waals surface area contributed by atoms with Crippen molar-refractivity contribution in [2.75, 3.05) is 11.4 Å². The molecule has 0 spiro atoms. The molecule has 0 aliphatic rings. The normalized spacial score (nSPS) is 13.4. The average molecular weight is 457 g/mol. The summed E-state index contributed by atoms with van der Waals surface area (Å²) < 4.78 is 58.3. The molecule has 1 unspecified atom stereocenters. The lowest BCUT2D eigenvalue weighted by Crippen LogP contribution is -2.27. The van der Waals surface area contributed by atoms with Gasteiger partial charge in [-0.2, -0.15) is 4.98 Å². The minimum Gasteiger partial charge on any atom is -0.378 e. The lowest BCUT2D eigenvalue weighted by Gasteiger charge is -2.26. The van der Waals surface area contributed by atoms with Gasteiger partial charge < -0.3 is 10.0 Å². The Balaban J connectivity index is 1.98. The number of aliphatic hydroxyl groups is 1. The SMILES string of the molecule is C#CC(C)(O)Cc1cc(F)cc(N(CC(F)F)c2nc3nnc(C)n3c3cccc(F)c23)c1. The molecule has 2 heterocycles. The summed E-state index contributed by atoms with van der Waals surface area (Å²) in [6.45, 7) is 2.13. The first-order valence-electron chi connectivity index (χ1n) is 9.95. The number of hydrogen-bond acceptors (Lipinski definition) is 5. The van der Waals surface area contributed by atoms with Crippen molar-refractivity contribution < 1.29 is 22.7 Å². The number of alkyl halides is 2. The molecule has 4 rings (SSSR count). The quantitative estimate of drug-likeness (QED) is 0.347. The zero-order chi connectivity index (χ0) is 23.9. The van der Waals surface area contributed by atoms with E-state index in [2.05, 4.69) is 21.1 Å². The van der Waals surface area contributed by atoms with Crippen LogP contribution in [0.1, 0.15) is 18.3 Å². The predicted octanol–water partition coefficient (Wildman–Crippen LogP) is 4.19. The molecule has 0 saturated heterocycles. The van der Waals surface area contributed by atoms with E-state index in [1.165, 1.54) is 29.5 Å². The molecule has 2 aromatic carbocycles. The average Bonchev–Trinajstić information content (AvgIpc) is 3.11. The molecular formula is C23H19F4N5O. The van der Waals surface area contributed by atoms with Gasteiger partial charge in [0.15, 0.2) is 0 Å². The molecule has 2 aromatic heterocycles. The molecule has 1 atom stereocenters. The number of anilines is 2. The minimum atomic E-state index is -2.86. The molecule has 33 heavy (non-hydrogen) atoms. The third-order valence-electron chi connectivity index (χ3n) is 5.16. The van der Waals surface area contributed by atoms with Crippen molar-refractivity contribution in [3.8, 4) is 12.3 Å². The molecule has 0 aliphatic carbocycles. The van der Waals surface area contributed by atoms with Gasteiger partial charge in [-0.15, -0.1) is 16.6 Å². The molecule has 0 bridgehead atoms. The molecule has 0 fully saturated rings. The maximum atomic E-state index is 15.0. The van der Waals surface area contributed by atoms with Gasteiger partial charge in [-0.25, -0.2) is 17.6 Å². The van der Waals surface area contributed by atoms with Crippen LogP contribution in [0.4, 0.5) is 29.1 Å². The van der Waals surface area contributed by atoms with Gasteiger partial charge in [-0.05, 0) is 49.7 Å². The van der Waals surface area contributed by atoms with E-state index in [4.69, 9.17) is 6.42 Å². The monoisotopic (exact) mass is 457 g/mol. The van der Waals surface area contributed by atoms with Crippen LogP contribution in [0.25, 0.3) is 16.7 Å². The zero-order valence-corrected chi connectivity index (χ0v) is 17.7. The van der Waals surface area contributed by atoms with Crippen molar-refractivity contribution in [1.82, 2.24) is 19.6 Å². The first kappa shape index (κ1) is 22.5. The van der Waals surface area contributed by atoms with E-state index in [1.807, 2.05) is 0 Å². The molecule has 0 radical (unpaired) electrons. The third-order valence-corrected chi connectivity index (χ3v) is 5.16. The minimum absolute atomic E-state index is 0.00392. The van der Waals surface area contributed by atoms with E-state index < -0.39 is 30.2 Å². The topological polar surface area (TPSA) is 66.5 Å². The first-order valence-corrected chi connectivity index (χ1v) is 9.95. The number of benzene rings is 2. The lowest BCUT2D eigenvalue weighted by molar-refractivity contribution is 0.123. The number of halogens is 4. The number of hydrogen-bond donors (Lipinski definition) is 1. The summed E-state index contributed by atoms with van der Waals surface area (Å²) in [5.41, 5.74) is -0.982. The summed E-state index contributed by atoms with van der Waals surface area (Å²) in [7, 11) is 0. The molecule has 170 valence electrons. The molecule has 6 nitrogen and oxygen atoms in total. The van der Waals surface area contributed by atoms with E-state index in [9.17, 15) is 18.3 Å². The summed E-state index contributed by atoms with van der Waals surface area (Å²) >= 11 is 0. The maximum absolute atomic E-state index is 15.0. The highest BCUT2D eigenvalue weighted by molar-refractivity contribution is 5.94. The summed E-state index contributed by atoms with van der Waals surface area (Å²) in [6.07, 6.45) is 2.33. The first-order chi connectivity index (χ1) is 15.6. The lowest BCUT2D eigenvalue weighted by atomic mass is 9.97. The van der Waals surface area contributed by atoms with Gasteiger partial charge in [-0.1, -0.05) is 12.0 Å². The van der Waals surface area contributed by atoms with Crippen LogP contribution in [-0.4, -0.2) is 43.3 Å². The van der Waals surface area contributed by atoms with Crippen molar-refractivity contribution in [3.63, 3.8) is 0 Å². The summed E-state index contributed by atoms with van der Waals surface area (Å²) in [5.74, 6) is 1.11. The molecule has 0 aliphatic heterocycles. The van der Waals surface area contributed by atoms with Gasteiger partial charge in [0.05, 0.1) is 17.4 Å². The summed E-state index contributed by atoms with van der Waals surface area (Å²) in [4.78, 5) is 5.33. The third kappa shape index (κ3) is 4.32. The Bertz CT molecular complexity index is 1390. The fourth-order valence-corrected chi connectivity index (χ4v) is 3.76. The Morgan fingerprint density at radius 1 is 1.21 bits per heavy atom. The molecule has 0 amide bonds. The van der Waals surface area contributed by atoms with Crippen LogP contribution in [0.2, 0.25) is 0 Å². The Labute approximate surface area is 186 Å². The summed E-state index contributed by atoms with van der Waals surface area (Å²) in [6, 6.07) is 7.83. The molecule has 4 aromatic rings. The van der Waals surface area contributed by atoms with Crippen molar-refractivity contribution in [2.24, 2.45) is 0 Å². The fourth-order valence-electron chi connectivity index (χ4n) is 3.76. The van der Waals surface area contributed by atoms with Crippen molar-refractivity contribution >= 4 is 28.2 Å². The highest BCUT2D eigenvalue weighted by Gasteiger charge is 2.25. The van der Waals surface area contributed by atoms with Crippen LogP contribution in [0.15, 0.2) is 36.4 Å². The second-order valence-corrected chi connectivity index (χ2v) is 7.87. The van der Waals surface area contributed by atoms with Crippen molar-refractivity contribution in [3.05, 3.63) is 59.4 Å².